The van der Waals surface area contributed by atoms with Gasteiger partial charge in [0.15, 0.2) is 0 Å². The Morgan fingerprint density at radius 3 is 2.42 bits per heavy atom. The van der Waals surface area contributed by atoms with Crippen LogP contribution in [0.4, 0.5) is 4.79 Å². The summed E-state index contributed by atoms with van der Waals surface area (Å²) in [5, 5.41) is 12.2. The van der Waals surface area contributed by atoms with Gasteiger partial charge in [0, 0.05) is 18.4 Å². The Balaban J connectivity index is 1.60. The highest BCUT2D eigenvalue weighted by atomic mass is 16.6. The second-order valence-corrected chi connectivity index (χ2v) is 12.9. The van der Waals surface area contributed by atoms with Crippen LogP contribution in [0.5, 0.6) is 0 Å². The summed E-state index contributed by atoms with van der Waals surface area (Å²) in [4.78, 5) is 23.9. The van der Waals surface area contributed by atoms with Gasteiger partial charge in [0.1, 0.15) is 6.10 Å². The molecule has 4 saturated carbocycles. The van der Waals surface area contributed by atoms with Crippen LogP contribution in [-0.4, -0.2) is 29.3 Å². The van der Waals surface area contributed by atoms with Crippen LogP contribution in [0.25, 0.3) is 0 Å². The standard InChI is InChI=1S/C28H47NO4/c1-17(2)29-26(32)33-23-16-19-8-6-7-14-27(19,4)22-13-15-28(5)20(10-11-21(28)25(22)23)18(3)9-12-24(30)31/h17-23,25H,6-16H2,1-5H3,(H,29,32)(H,30,31)/t18-,19+,20-,21+,22+,23-,25+,27+,28-/m1/s1. The van der Waals surface area contributed by atoms with Crippen molar-refractivity contribution in [3.05, 3.63) is 0 Å². The average Bonchev–Trinajstić information content (AvgIpc) is 3.08. The van der Waals surface area contributed by atoms with Gasteiger partial charge in [0.05, 0.1) is 0 Å². The molecule has 5 nitrogen and oxygen atoms in total. The van der Waals surface area contributed by atoms with E-state index in [4.69, 9.17) is 4.74 Å². The van der Waals surface area contributed by atoms with Crippen LogP contribution >= 0.6 is 0 Å². The van der Waals surface area contributed by atoms with Crippen LogP contribution in [0, 0.1) is 46.3 Å². The predicted molar refractivity (Wildman–Crippen MR) is 130 cm³/mol. The first-order chi connectivity index (χ1) is 15.6. The lowest BCUT2D eigenvalue weighted by Gasteiger charge is -2.62. The van der Waals surface area contributed by atoms with Gasteiger partial charge in [-0.2, -0.15) is 0 Å². The third kappa shape index (κ3) is 4.55. The largest absolute Gasteiger partial charge is 0.481 e. The molecule has 2 N–H and O–H groups in total. The van der Waals surface area contributed by atoms with Crippen molar-refractivity contribution >= 4 is 12.1 Å². The summed E-state index contributed by atoms with van der Waals surface area (Å²) < 4.78 is 6.27. The highest BCUT2D eigenvalue weighted by Gasteiger charge is 2.63. The molecule has 0 aromatic carbocycles. The Kier molecular flexibility index (Phi) is 7.09. The summed E-state index contributed by atoms with van der Waals surface area (Å²) in [6, 6.07) is 0.0828. The normalized spacial score (nSPS) is 43.2. The third-order valence-corrected chi connectivity index (χ3v) is 10.8. The fraction of sp³-hybridized carbons (Fsp3) is 0.929. The number of aliphatic carboxylic acids is 1. The number of fused-ring (bicyclic) bond motifs is 5. The lowest BCUT2D eigenvalue weighted by Crippen LogP contribution is -2.59. The second-order valence-electron chi connectivity index (χ2n) is 12.9. The van der Waals surface area contributed by atoms with Crippen molar-refractivity contribution in [2.24, 2.45) is 46.3 Å². The first-order valence-corrected chi connectivity index (χ1v) is 13.7. The first-order valence-electron chi connectivity index (χ1n) is 13.7. The van der Waals surface area contributed by atoms with E-state index in [1.165, 1.54) is 51.4 Å². The van der Waals surface area contributed by atoms with Crippen LogP contribution in [-0.2, 0) is 9.53 Å². The Bertz CT molecular complexity index is 737. The van der Waals surface area contributed by atoms with Crippen LogP contribution in [0.1, 0.15) is 105 Å². The van der Waals surface area contributed by atoms with Gasteiger partial charge in [-0.05, 0) is 106 Å². The van der Waals surface area contributed by atoms with Crippen molar-refractivity contribution in [2.45, 2.75) is 117 Å². The number of rotatable bonds is 6. The van der Waals surface area contributed by atoms with Crippen LogP contribution in [0.2, 0.25) is 0 Å². The number of amides is 1. The maximum atomic E-state index is 12.7. The minimum atomic E-state index is -0.682. The minimum absolute atomic E-state index is 0.0163. The van der Waals surface area contributed by atoms with Crippen molar-refractivity contribution < 1.29 is 19.4 Å². The SMILES string of the molecule is CC(C)NC(=O)O[C@@H]1C[C@@H]2CCCC[C@]2(C)[C@H]2CC[C@]3(C)[C@@H]([C@H](C)CCC(=O)O)CC[C@H]3[C@H]12. The van der Waals surface area contributed by atoms with Gasteiger partial charge in [0.2, 0.25) is 0 Å². The van der Waals surface area contributed by atoms with Crippen LogP contribution < -0.4 is 5.32 Å². The zero-order valence-corrected chi connectivity index (χ0v) is 21.6. The van der Waals surface area contributed by atoms with Gasteiger partial charge in [-0.15, -0.1) is 0 Å². The molecular weight excluding hydrogens is 414 g/mol. The predicted octanol–water partition coefficient (Wildman–Crippen LogP) is 6.65. The van der Waals surface area contributed by atoms with Crippen LogP contribution in [0.15, 0.2) is 0 Å². The molecule has 1 amide bonds. The molecule has 0 radical (unpaired) electrons. The van der Waals surface area contributed by atoms with Gasteiger partial charge in [0.25, 0.3) is 0 Å². The number of carbonyl (C=O) groups excluding carboxylic acids is 1. The maximum Gasteiger partial charge on any atom is 0.407 e. The molecule has 0 aromatic rings. The topological polar surface area (TPSA) is 75.6 Å². The molecule has 0 unspecified atom stereocenters. The third-order valence-electron chi connectivity index (χ3n) is 10.8. The summed E-state index contributed by atoms with van der Waals surface area (Å²) in [5.41, 5.74) is 0.610. The molecule has 0 saturated heterocycles. The zero-order chi connectivity index (χ0) is 24.0. The number of hydrogen-bond donors (Lipinski definition) is 2. The van der Waals surface area contributed by atoms with Gasteiger partial charge < -0.3 is 15.2 Å². The quantitative estimate of drug-likeness (QED) is 0.464. The maximum absolute atomic E-state index is 12.7. The molecular formula is C28H47NO4. The number of nitrogens with one attached hydrogen (secondary N) is 1. The Morgan fingerprint density at radius 1 is 1.00 bits per heavy atom. The highest BCUT2D eigenvalue weighted by molar-refractivity contribution is 5.67. The number of ether oxygens (including phenoxy) is 1. The molecule has 0 bridgehead atoms. The summed E-state index contributed by atoms with van der Waals surface area (Å²) in [5.74, 6) is 2.64. The number of alkyl carbamates (subject to hydrolysis) is 1. The molecule has 0 aromatic heterocycles. The van der Waals surface area contributed by atoms with Crippen LogP contribution in [0.3, 0.4) is 0 Å². The number of carbonyl (C=O) groups is 2. The van der Waals surface area contributed by atoms with Crippen molar-refractivity contribution in [3.63, 3.8) is 0 Å². The monoisotopic (exact) mass is 461 g/mol. The second kappa shape index (κ2) is 9.41. The summed E-state index contributed by atoms with van der Waals surface area (Å²) in [6.07, 6.45) is 12.0. The molecule has 0 aliphatic heterocycles. The number of carboxylic acid groups (broad SMARTS) is 1. The van der Waals surface area contributed by atoms with Gasteiger partial charge in [-0.25, -0.2) is 4.79 Å². The minimum Gasteiger partial charge on any atom is -0.481 e. The highest BCUT2D eigenvalue weighted by Crippen LogP contribution is 2.68. The van der Waals surface area contributed by atoms with Crippen molar-refractivity contribution in [3.8, 4) is 0 Å². The van der Waals surface area contributed by atoms with E-state index in [-0.39, 0.29) is 30.1 Å². The van der Waals surface area contributed by atoms with Crippen molar-refractivity contribution in [2.75, 3.05) is 0 Å². The van der Waals surface area contributed by atoms with E-state index in [1.807, 2.05) is 13.8 Å². The van der Waals surface area contributed by atoms with E-state index in [9.17, 15) is 14.7 Å². The van der Waals surface area contributed by atoms with E-state index in [1.54, 1.807) is 0 Å². The summed E-state index contributed by atoms with van der Waals surface area (Å²) in [7, 11) is 0. The fourth-order valence-corrected chi connectivity index (χ4v) is 9.29. The molecule has 0 heterocycles. The van der Waals surface area contributed by atoms with E-state index in [0.29, 0.717) is 40.9 Å². The molecule has 4 aliphatic carbocycles. The lowest BCUT2D eigenvalue weighted by molar-refractivity contribution is -0.165. The average molecular weight is 462 g/mol. The molecule has 4 fully saturated rings. The van der Waals surface area contributed by atoms with Gasteiger partial charge in [-0.1, -0.05) is 33.6 Å². The van der Waals surface area contributed by atoms with Gasteiger partial charge >= 0.3 is 12.1 Å². The summed E-state index contributed by atoms with van der Waals surface area (Å²) >= 11 is 0. The Morgan fingerprint density at radius 2 is 1.73 bits per heavy atom. The lowest BCUT2D eigenvalue weighted by atomic mass is 9.44. The Hall–Kier alpha value is -1.26. The van der Waals surface area contributed by atoms with E-state index in [0.717, 1.165) is 12.8 Å². The molecule has 188 valence electrons. The molecule has 0 spiro atoms. The summed E-state index contributed by atoms with van der Waals surface area (Å²) in [6.45, 7) is 11.3. The number of hydrogen-bond acceptors (Lipinski definition) is 3. The van der Waals surface area contributed by atoms with Gasteiger partial charge in [-0.3, -0.25) is 4.79 Å². The van der Waals surface area contributed by atoms with E-state index in [2.05, 4.69) is 26.1 Å². The van der Waals surface area contributed by atoms with Crippen molar-refractivity contribution in [1.29, 1.82) is 0 Å². The first kappa shape index (κ1) is 24.9. The smallest absolute Gasteiger partial charge is 0.407 e. The molecule has 5 heteroatoms. The zero-order valence-electron chi connectivity index (χ0n) is 21.6. The fourth-order valence-electron chi connectivity index (χ4n) is 9.29. The molecule has 4 aliphatic rings. The molecule has 9 atom stereocenters. The van der Waals surface area contributed by atoms with Crippen molar-refractivity contribution in [1.82, 2.24) is 5.32 Å². The number of carboxylic acids is 1. The van der Waals surface area contributed by atoms with E-state index < -0.39 is 5.97 Å². The molecule has 4 rings (SSSR count). The molecule has 33 heavy (non-hydrogen) atoms. The van der Waals surface area contributed by atoms with E-state index >= 15 is 0 Å². The Labute approximate surface area is 200 Å².